The number of rotatable bonds is 7. The SMILES string of the molecule is CCN(CCCN(C)C)Cc1cc2ccccc2cc1N. The summed E-state index contributed by atoms with van der Waals surface area (Å²) >= 11 is 0. The van der Waals surface area contributed by atoms with Gasteiger partial charge >= 0.3 is 0 Å². The molecule has 0 unspecified atom stereocenters. The maximum absolute atomic E-state index is 6.23. The molecule has 0 heterocycles. The van der Waals surface area contributed by atoms with Gasteiger partial charge in [-0.1, -0.05) is 31.2 Å². The van der Waals surface area contributed by atoms with Gasteiger partial charge in [-0.15, -0.1) is 0 Å². The van der Waals surface area contributed by atoms with Gasteiger partial charge in [0.05, 0.1) is 0 Å². The highest BCUT2D eigenvalue weighted by Gasteiger charge is 2.08. The molecule has 0 spiro atoms. The van der Waals surface area contributed by atoms with Crippen LogP contribution in [0.5, 0.6) is 0 Å². The Hall–Kier alpha value is -1.58. The number of hydrogen-bond donors (Lipinski definition) is 1. The van der Waals surface area contributed by atoms with Crippen LogP contribution in [-0.4, -0.2) is 43.5 Å². The summed E-state index contributed by atoms with van der Waals surface area (Å²) in [7, 11) is 4.25. The van der Waals surface area contributed by atoms with Crippen LogP contribution in [0.4, 0.5) is 5.69 Å². The molecule has 0 aliphatic carbocycles. The number of benzene rings is 2. The molecule has 0 aromatic heterocycles. The lowest BCUT2D eigenvalue weighted by Gasteiger charge is -2.22. The zero-order valence-corrected chi connectivity index (χ0v) is 13.5. The van der Waals surface area contributed by atoms with E-state index in [0.29, 0.717) is 0 Å². The molecule has 3 heteroatoms. The number of anilines is 1. The van der Waals surface area contributed by atoms with Crippen LogP contribution in [-0.2, 0) is 6.54 Å². The van der Waals surface area contributed by atoms with E-state index in [1.807, 2.05) is 0 Å². The van der Waals surface area contributed by atoms with Crippen LogP contribution in [0.25, 0.3) is 10.8 Å². The largest absolute Gasteiger partial charge is 0.398 e. The molecule has 0 saturated carbocycles. The van der Waals surface area contributed by atoms with Crippen molar-refractivity contribution in [1.29, 1.82) is 0 Å². The van der Waals surface area contributed by atoms with Gasteiger partial charge in [0.1, 0.15) is 0 Å². The van der Waals surface area contributed by atoms with Crippen LogP contribution in [0.1, 0.15) is 18.9 Å². The Bertz CT molecular complexity index is 578. The van der Waals surface area contributed by atoms with Crippen LogP contribution in [0.15, 0.2) is 36.4 Å². The molecular formula is C18H27N3. The van der Waals surface area contributed by atoms with Crippen molar-refractivity contribution in [1.82, 2.24) is 9.80 Å². The van der Waals surface area contributed by atoms with Crippen molar-refractivity contribution in [3.63, 3.8) is 0 Å². The molecular weight excluding hydrogens is 258 g/mol. The molecule has 0 radical (unpaired) electrons. The molecule has 0 atom stereocenters. The van der Waals surface area contributed by atoms with Gasteiger partial charge in [-0.05, 0) is 68.6 Å². The van der Waals surface area contributed by atoms with Crippen LogP contribution in [0.3, 0.4) is 0 Å². The highest BCUT2D eigenvalue weighted by atomic mass is 15.1. The molecule has 0 aliphatic rings. The fourth-order valence-electron chi connectivity index (χ4n) is 2.64. The van der Waals surface area contributed by atoms with Gasteiger partial charge in [-0.2, -0.15) is 0 Å². The summed E-state index contributed by atoms with van der Waals surface area (Å²) in [6, 6.07) is 12.7. The summed E-state index contributed by atoms with van der Waals surface area (Å²) in [4.78, 5) is 4.70. The summed E-state index contributed by atoms with van der Waals surface area (Å²) in [5.74, 6) is 0. The van der Waals surface area contributed by atoms with Gasteiger partial charge in [0.15, 0.2) is 0 Å². The van der Waals surface area contributed by atoms with Gasteiger partial charge in [-0.3, -0.25) is 4.90 Å². The minimum absolute atomic E-state index is 0.903. The summed E-state index contributed by atoms with van der Waals surface area (Å²) in [6.45, 7) is 6.44. The first-order chi connectivity index (χ1) is 10.1. The first-order valence-corrected chi connectivity index (χ1v) is 7.74. The molecule has 2 aromatic rings. The quantitative estimate of drug-likeness (QED) is 0.793. The molecule has 21 heavy (non-hydrogen) atoms. The van der Waals surface area contributed by atoms with Crippen molar-refractivity contribution in [2.24, 2.45) is 0 Å². The first kappa shape index (κ1) is 15.8. The second kappa shape index (κ2) is 7.43. The molecule has 3 nitrogen and oxygen atoms in total. The summed E-state index contributed by atoms with van der Waals surface area (Å²) in [5.41, 5.74) is 8.37. The van der Waals surface area contributed by atoms with Gasteiger partial charge < -0.3 is 10.6 Å². The molecule has 2 aromatic carbocycles. The Morgan fingerprint density at radius 2 is 1.67 bits per heavy atom. The van der Waals surface area contributed by atoms with Crippen LogP contribution in [0.2, 0.25) is 0 Å². The molecule has 2 N–H and O–H groups in total. The van der Waals surface area contributed by atoms with Crippen LogP contribution in [0, 0.1) is 0 Å². The van der Waals surface area contributed by atoms with Crippen molar-refractivity contribution in [3.05, 3.63) is 42.0 Å². The predicted octanol–water partition coefficient (Wildman–Crippen LogP) is 3.20. The van der Waals surface area contributed by atoms with E-state index >= 15 is 0 Å². The summed E-state index contributed by atoms with van der Waals surface area (Å²) < 4.78 is 0. The standard InChI is InChI=1S/C18H27N3/c1-4-21(11-7-10-20(2)3)14-17-12-15-8-5-6-9-16(15)13-18(17)19/h5-6,8-9,12-13H,4,7,10-11,14,19H2,1-3H3. The highest BCUT2D eigenvalue weighted by Crippen LogP contribution is 2.23. The predicted molar refractivity (Wildman–Crippen MR) is 92.5 cm³/mol. The minimum atomic E-state index is 0.903. The first-order valence-electron chi connectivity index (χ1n) is 7.74. The van der Waals surface area contributed by atoms with E-state index in [1.165, 1.54) is 22.8 Å². The lowest BCUT2D eigenvalue weighted by Crippen LogP contribution is -2.27. The van der Waals surface area contributed by atoms with Crippen molar-refractivity contribution in [3.8, 4) is 0 Å². The lowest BCUT2D eigenvalue weighted by atomic mass is 10.0. The smallest absolute Gasteiger partial charge is 0.0366 e. The average Bonchev–Trinajstić information content (AvgIpc) is 2.46. The monoisotopic (exact) mass is 285 g/mol. The normalized spacial score (nSPS) is 11.7. The third kappa shape index (κ3) is 4.45. The molecule has 0 fully saturated rings. The van der Waals surface area contributed by atoms with Crippen LogP contribution < -0.4 is 5.73 Å². The fraction of sp³-hybridized carbons (Fsp3) is 0.444. The molecule has 2 rings (SSSR count). The highest BCUT2D eigenvalue weighted by molar-refractivity contribution is 5.86. The van der Waals surface area contributed by atoms with Gasteiger partial charge in [0.2, 0.25) is 0 Å². The Labute approximate surface area is 128 Å². The van der Waals surface area contributed by atoms with Crippen molar-refractivity contribution >= 4 is 16.5 Å². The maximum atomic E-state index is 6.23. The summed E-state index contributed by atoms with van der Waals surface area (Å²) in [6.07, 6.45) is 1.19. The number of nitrogens with two attached hydrogens (primary N) is 1. The Morgan fingerprint density at radius 3 is 2.29 bits per heavy atom. The van der Waals surface area contributed by atoms with Crippen molar-refractivity contribution in [2.75, 3.05) is 39.5 Å². The number of hydrogen-bond acceptors (Lipinski definition) is 3. The van der Waals surface area contributed by atoms with E-state index in [9.17, 15) is 0 Å². The van der Waals surface area contributed by atoms with Gasteiger partial charge in [0, 0.05) is 12.2 Å². The number of nitrogens with zero attached hydrogens (tertiary/aromatic N) is 2. The molecule has 0 aliphatic heterocycles. The third-order valence-corrected chi connectivity index (χ3v) is 3.93. The minimum Gasteiger partial charge on any atom is -0.398 e. The van der Waals surface area contributed by atoms with Crippen molar-refractivity contribution < 1.29 is 0 Å². The number of nitrogen functional groups attached to an aromatic ring is 1. The lowest BCUT2D eigenvalue weighted by molar-refractivity contribution is 0.259. The zero-order valence-electron chi connectivity index (χ0n) is 13.5. The Balaban J connectivity index is 2.08. The number of fused-ring (bicyclic) bond motifs is 1. The van der Waals surface area contributed by atoms with E-state index in [1.54, 1.807) is 0 Å². The second-order valence-corrected chi connectivity index (χ2v) is 5.92. The maximum Gasteiger partial charge on any atom is 0.0366 e. The topological polar surface area (TPSA) is 32.5 Å². The van der Waals surface area contributed by atoms with Crippen molar-refractivity contribution in [2.45, 2.75) is 19.9 Å². The third-order valence-electron chi connectivity index (χ3n) is 3.93. The molecule has 0 bridgehead atoms. The fourth-order valence-corrected chi connectivity index (χ4v) is 2.64. The molecule has 0 saturated heterocycles. The molecule has 114 valence electrons. The Kier molecular flexibility index (Phi) is 5.59. The van der Waals surface area contributed by atoms with E-state index in [4.69, 9.17) is 5.73 Å². The van der Waals surface area contributed by atoms with Crippen LogP contribution >= 0.6 is 0 Å². The van der Waals surface area contributed by atoms with E-state index < -0.39 is 0 Å². The van der Waals surface area contributed by atoms with E-state index in [-0.39, 0.29) is 0 Å². The summed E-state index contributed by atoms with van der Waals surface area (Å²) in [5, 5.41) is 2.49. The zero-order chi connectivity index (χ0) is 15.2. The van der Waals surface area contributed by atoms with Gasteiger partial charge in [0.25, 0.3) is 0 Å². The van der Waals surface area contributed by atoms with E-state index in [2.05, 4.69) is 67.2 Å². The van der Waals surface area contributed by atoms with Gasteiger partial charge in [-0.25, -0.2) is 0 Å². The van der Waals surface area contributed by atoms with E-state index in [0.717, 1.165) is 31.9 Å². The second-order valence-electron chi connectivity index (χ2n) is 5.92. The molecule has 0 amide bonds. The Morgan fingerprint density at radius 1 is 1.00 bits per heavy atom. The average molecular weight is 285 g/mol.